The molecule has 0 aliphatic heterocycles. The highest BCUT2D eigenvalue weighted by molar-refractivity contribution is 9.10. The van der Waals surface area contributed by atoms with Gasteiger partial charge in [-0.3, -0.25) is 14.3 Å². The number of nitrogens with one attached hydrogen (secondary N) is 2. The number of aromatic amines is 1. The number of fused-ring (bicyclic) bond motifs is 1. The zero-order valence-corrected chi connectivity index (χ0v) is 18.9. The van der Waals surface area contributed by atoms with Crippen LogP contribution < -0.4 is 15.8 Å². The molecule has 5 rings (SSSR count). The smallest absolute Gasteiger partial charge is 0.439 e. The van der Waals surface area contributed by atoms with E-state index in [-0.39, 0.29) is 18.3 Å². The van der Waals surface area contributed by atoms with Gasteiger partial charge in [-0.2, -0.15) is 0 Å². The van der Waals surface area contributed by atoms with Gasteiger partial charge in [0, 0.05) is 22.5 Å². The first-order chi connectivity index (χ1) is 16.0. The molecule has 0 aliphatic rings. The van der Waals surface area contributed by atoms with E-state index < -0.39 is 5.76 Å². The zero-order valence-electron chi connectivity index (χ0n) is 17.3. The molecule has 0 radical (unpaired) electrons. The fourth-order valence-electron chi connectivity index (χ4n) is 3.61. The summed E-state index contributed by atoms with van der Waals surface area (Å²) in [5.74, 6) is 0.531. The van der Waals surface area contributed by atoms with Crippen LogP contribution in [-0.2, 0) is 13.7 Å². The van der Waals surface area contributed by atoms with Gasteiger partial charge >= 0.3 is 5.76 Å². The minimum atomic E-state index is -0.682. The summed E-state index contributed by atoms with van der Waals surface area (Å²) in [6.07, 6.45) is 1.59. The van der Waals surface area contributed by atoms with Gasteiger partial charge in [0.25, 0.3) is 5.91 Å². The number of ether oxygens (including phenoxy) is 1. The lowest BCUT2D eigenvalue weighted by molar-refractivity contribution is 0.101. The van der Waals surface area contributed by atoms with Gasteiger partial charge in [0.05, 0.1) is 17.5 Å². The van der Waals surface area contributed by atoms with E-state index in [1.54, 1.807) is 48.2 Å². The summed E-state index contributed by atoms with van der Waals surface area (Å²) in [4.78, 5) is 27.1. The number of nitrogens with zero attached hydrogens (tertiary/aromatic N) is 2. The Hall–Kier alpha value is -4.05. The fourth-order valence-corrected chi connectivity index (χ4v) is 3.97. The van der Waals surface area contributed by atoms with Crippen molar-refractivity contribution in [1.82, 2.24) is 14.7 Å². The molecule has 3 heterocycles. The van der Waals surface area contributed by atoms with Gasteiger partial charge < -0.3 is 19.0 Å². The predicted octanol–water partition coefficient (Wildman–Crippen LogP) is 4.71. The number of benzene rings is 2. The van der Waals surface area contributed by atoms with Crippen LogP contribution in [0.4, 0.5) is 5.69 Å². The average Bonchev–Trinajstić information content (AvgIpc) is 3.54. The number of anilines is 1. The second-order valence-corrected chi connectivity index (χ2v) is 8.15. The van der Waals surface area contributed by atoms with Crippen molar-refractivity contribution in [2.24, 2.45) is 7.05 Å². The van der Waals surface area contributed by atoms with Crippen LogP contribution in [0.25, 0.3) is 22.3 Å². The Morgan fingerprint density at radius 1 is 1.21 bits per heavy atom. The Kier molecular flexibility index (Phi) is 5.35. The van der Waals surface area contributed by atoms with Gasteiger partial charge in [0.15, 0.2) is 5.82 Å². The number of amides is 1. The van der Waals surface area contributed by atoms with Crippen molar-refractivity contribution in [2.45, 2.75) is 6.61 Å². The second kappa shape index (κ2) is 8.47. The van der Waals surface area contributed by atoms with Crippen LogP contribution in [0.1, 0.15) is 16.2 Å². The van der Waals surface area contributed by atoms with Gasteiger partial charge in [-0.05, 0) is 42.5 Å². The lowest BCUT2D eigenvalue weighted by Gasteiger charge is -2.11. The van der Waals surface area contributed by atoms with Crippen LogP contribution in [0.15, 0.2) is 79.1 Å². The highest BCUT2D eigenvalue weighted by atomic mass is 79.9. The van der Waals surface area contributed by atoms with E-state index in [2.05, 4.69) is 35.9 Å². The van der Waals surface area contributed by atoms with Crippen molar-refractivity contribution in [1.29, 1.82) is 0 Å². The largest absolute Gasteiger partial charge is 0.483 e. The van der Waals surface area contributed by atoms with Gasteiger partial charge in [0.2, 0.25) is 0 Å². The number of halogens is 1. The van der Waals surface area contributed by atoms with E-state index in [9.17, 15) is 9.59 Å². The normalized spacial score (nSPS) is 11.1. The minimum Gasteiger partial charge on any atom is -0.483 e. The molecule has 2 N–H and O–H groups in total. The van der Waals surface area contributed by atoms with Crippen LogP contribution in [-0.4, -0.2) is 20.6 Å². The topological polar surface area (TPSA) is 115 Å². The number of rotatable bonds is 6. The first-order valence-corrected chi connectivity index (χ1v) is 10.7. The third kappa shape index (κ3) is 4.08. The van der Waals surface area contributed by atoms with Gasteiger partial charge in [-0.15, -0.1) is 0 Å². The molecule has 0 fully saturated rings. The summed E-state index contributed by atoms with van der Waals surface area (Å²) >= 11 is 3.40. The maximum atomic E-state index is 13.2. The average molecular weight is 509 g/mol. The van der Waals surface area contributed by atoms with E-state index in [1.165, 1.54) is 0 Å². The van der Waals surface area contributed by atoms with Crippen molar-refractivity contribution in [2.75, 3.05) is 5.32 Å². The SMILES string of the molecule is Cn1c(C(=O)Nc2ccc(Br)cc2-c2noc(=O)[nH]2)cc2cccc(OCc3ccco3)c21. The molecule has 9 nitrogen and oxygen atoms in total. The number of carbonyl (C=O) groups excluding carboxylic acids is 1. The maximum Gasteiger partial charge on any atom is 0.439 e. The van der Waals surface area contributed by atoms with Crippen LogP contribution in [0.2, 0.25) is 0 Å². The molecule has 0 unspecified atom stereocenters. The number of hydrogen-bond acceptors (Lipinski definition) is 6. The molecule has 166 valence electrons. The summed E-state index contributed by atoms with van der Waals surface area (Å²) in [5.41, 5.74) is 2.18. The summed E-state index contributed by atoms with van der Waals surface area (Å²) in [7, 11) is 1.80. The van der Waals surface area contributed by atoms with Crippen molar-refractivity contribution < 1.29 is 18.5 Å². The van der Waals surface area contributed by atoms with Crippen molar-refractivity contribution in [3.05, 3.63) is 87.3 Å². The molecule has 0 saturated heterocycles. The number of para-hydroxylation sites is 1. The molecule has 2 aromatic carbocycles. The molecule has 0 aliphatic carbocycles. The van der Waals surface area contributed by atoms with Gasteiger partial charge in [0.1, 0.15) is 23.8 Å². The summed E-state index contributed by atoms with van der Waals surface area (Å²) in [6, 6.07) is 16.3. The lowest BCUT2D eigenvalue weighted by atomic mass is 10.1. The number of aryl methyl sites for hydroxylation is 1. The molecular weight excluding hydrogens is 492 g/mol. The number of furan rings is 1. The Morgan fingerprint density at radius 2 is 2.09 bits per heavy atom. The molecule has 3 aromatic heterocycles. The van der Waals surface area contributed by atoms with Crippen LogP contribution >= 0.6 is 15.9 Å². The standard InChI is InChI=1S/C23H17BrN4O5/c1-28-18(10-13-4-2-6-19(20(13)28)32-12-15-5-3-9-31-15)22(29)25-17-8-7-14(24)11-16(17)21-26-23(30)33-27-21/h2-11H,12H2,1H3,(H,25,29)(H,26,27,30). The summed E-state index contributed by atoms with van der Waals surface area (Å²) < 4.78 is 18.4. The fraction of sp³-hybridized carbons (Fsp3) is 0.0870. The lowest BCUT2D eigenvalue weighted by Crippen LogP contribution is -2.16. The molecular formula is C23H17BrN4O5. The number of hydrogen-bond donors (Lipinski definition) is 2. The van der Waals surface area contributed by atoms with Crippen LogP contribution in [0.3, 0.4) is 0 Å². The Balaban J connectivity index is 1.47. The highest BCUT2D eigenvalue weighted by Crippen LogP contribution is 2.31. The molecule has 33 heavy (non-hydrogen) atoms. The molecule has 0 saturated carbocycles. The summed E-state index contributed by atoms with van der Waals surface area (Å²) in [6.45, 7) is 0.275. The maximum absolute atomic E-state index is 13.2. The van der Waals surface area contributed by atoms with Gasteiger partial charge in [-0.25, -0.2) is 4.79 Å². The Labute approximate surface area is 195 Å². The van der Waals surface area contributed by atoms with Gasteiger partial charge in [-0.1, -0.05) is 33.2 Å². The molecule has 0 bridgehead atoms. The first kappa shape index (κ1) is 20.8. The number of aromatic nitrogens is 3. The van der Waals surface area contributed by atoms with Crippen molar-refractivity contribution in [3.8, 4) is 17.1 Å². The minimum absolute atomic E-state index is 0.210. The predicted molar refractivity (Wildman–Crippen MR) is 124 cm³/mol. The highest BCUT2D eigenvalue weighted by Gasteiger charge is 2.19. The first-order valence-electron chi connectivity index (χ1n) is 9.90. The Morgan fingerprint density at radius 3 is 2.85 bits per heavy atom. The summed E-state index contributed by atoms with van der Waals surface area (Å²) in [5, 5.41) is 7.48. The van der Waals surface area contributed by atoms with E-state index in [0.717, 1.165) is 15.4 Å². The molecule has 0 atom stereocenters. The van der Waals surface area contributed by atoms with Crippen molar-refractivity contribution >= 4 is 38.4 Å². The second-order valence-electron chi connectivity index (χ2n) is 7.24. The van der Waals surface area contributed by atoms with E-state index >= 15 is 0 Å². The van der Waals surface area contributed by atoms with Crippen LogP contribution in [0, 0.1) is 0 Å². The third-order valence-electron chi connectivity index (χ3n) is 5.13. The quantitative estimate of drug-likeness (QED) is 0.343. The van der Waals surface area contributed by atoms with Crippen molar-refractivity contribution in [3.63, 3.8) is 0 Å². The van der Waals surface area contributed by atoms with Crippen LogP contribution in [0.5, 0.6) is 5.75 Å². The van der Waals surface area contributed by atoms with E-state index in [0.29, 0.717) is 28.5 Å². The molecule has 1 amide bonds. The monoisotopic (exact) mass is 508 g/mol. The zero-order chi connectivity index (χ0) is 22.9. The third-order valence-corrected chi connectivity index (χ3v) is 5.62. The molecule has 0 spiro atoms. The number of carbonyl (C=O) groups is 1. The number of H-pyrrole nitrogens is 1. The Bertz CT molecular complexity index is 1510. The molecule has 10 heteroatoms. The van der Waals surface area contributed by atoms with E-state index in [1.807, 2.05) is 24.3 Å². The molecule has 5 aromatic rings. The van der Waals surface area contributed by atoms with E-state index in [4.69, 9.17) is 9.15 Å².